The van der Waals surface area contributed by atoms with Crippen molar-refractivity contribution in [2.75, 3.05) is 0 Å². The first kappa shape index (κ1) is 8.85. The Kier molecular flexibility index (Phi) is 2.92. The van der Waals surface area contributed by atoms with Crippen molar-refractivity contribution in [3.05, 3.63) is 42.0 Å². The van der Waals surface area contributed by atoms with Crippen molar-refractivity contribution in [1.29, 1.82) is 0 Å². The second-order valence-corrected chi connectivity index (χ2v) is 2.81. The van der Waals surface area contributed by atoms with Crippen molar-refractivity contribution >= 4 is 0 Å². The average molecular weight is 162 g/mol. The molecular formula is C11H14O. The quantitative estimate of drug-likeness (QED) is 0.677. The van der Waals surface area contributed by atoms with Gasteiger partial charge in [-0.05, 0) is 30.0 Å². The van der Waals surface area contributed by atoms with Gasteiger partial charge >= 0.3 is 0 Å². The summed E-state index contributed by atoms with van der Waals surface area (Å²) in [5, 5.41) is 9.38. The van der Waals surface area contributed by atoms with Crippen molar-refractivity contribution in [3.63, 3.8) is 0 Å². The Labute approximate surface area is 73.4 Å². The summed E-state index contributed by atoms with van der Waals surface area (Å²) in [5.74, 6) is 0.394. The van der Waals surface area contributed by atoms with Crippen LogP contribution in [0.5, 0.6) is 5.75 Å². The summed E-state index contributed by atoms with van der Waals surface area (Å²) < 4.78 is 0. The lowest BCUT2D eigenvalue weighted by atomic mass is 10.1. The largest absolute Gasteiger partial charge is 0.508 e. The zero-order chi connectivity index (χ0) is 8.97. The summed E-state index contributed by atoms with van der Waals surface area (Å²) in [7, 11) is 0. The SMILES string of the molecule is C=CCc1ccc(O)c(CC)c1. The monoisotopic (exact) mass is 162 g/mol. The molecule has 0 aliphatic heterocycles. The number of aryl methyl sites for hydroxylation is 1. The molecule has 0 radical (unpaired) electrons. The van der Waals surface area contributed by atoms with Crippen LogP contribution >= 0.6 is 0 Å². The van der Waals surface area contributed by atoms with Gasteiger partial charge in [-0.1, -0.05) is 25.1 Å². The van der Waals surface area contributed by atoms with Gasteiger partial charge in [0.15, 0.2) is 0 Å². The molecule has 64 valence electrons. The maximum atomic E-state index is 9.38. The van der Waals surface area contributed by atoms with Crippen molar-refractivity contribution in [3.8, 4) is 5.75 Å². The van der Waals surface area contributed by atoms with Crippen LogP contribution in [0.1, 0.15) is 18.1 Å². The van der Waals surface area contributed by atoms with Gasteiger partial charge in [-0.25, -0.2) is 0 Å². The lowest BCUT2D eigenvalue weighted by molar-refractivity contribution is 0.468. The highest BCUT2D eigenvalue weighted by Crippen LogP contribution is 2.19. The third kappa shape index (κ3) is 1.88. The molecule has 0 spiro atoms. The second kappa shape index (κ2) is 3.96. The molecule has 0 aliphatic rings. The number of hydrogen-bond donors (Lipinski definition) is 1. The van der Waals surface area contributed by atoms with Crippen LogP contribution in [0, 0.1) is 0 Å². The van der Waals surface area contributed by atoms with E-state index < -0.39 is 0 Å². The molecule has 0 fully saturated rings. The van der Waals surface area contributed by atoms with E-state index in [1.807, 2.05) is 25.1 Å². The molecule has 0 atom stereocenters. The van der Waals surface area contributed by atoms with Gasteiger partial charge in [-0.3, -0.25) is 0 Å². The third-order valence-electron chi connectivity index (χ3n) is 1.90. The summed E-state index contributed by atoms with van der Waals surface area (Å²) in [6, 6.07) is 5.70. The molecule has 0 saturated carbocycles. The van der Waals surface area contributed by atoms with Gasteiger partial charge in [0.25, 0.3) is 0 Å². The van der Waals surface area contributed by atoms with E-state index in [9.17, 15) is 5.11 Å². The molecule has 12 heavy (non-hydrogen) atoms. The average Bonchev–Trinajstić information content (AvgIpc) is 2.09. The number of rotatable bonds is 3. The molecule has 0 saturated heterocycles. The molecule has 0 heterocycles. The minimum Gasteiger partial charge on any atom is -0.508 e. The minimum atomic E-state index is 0.394. The number of aromatic hydroxyl groups is 1. The van der Waals surface area contributed by atoms with Crippen LogP contribution in [0.15, 0.2) is 30.9 Å². The van der Waals surface area contributed by atoms with Gasteiger partial charge in [0.1, 0.15) is 5.75 Å². The highest BCUT2D eigenvalue weighted by molar-refractivity contribution is 5.36. The molecule has 1 heteroatoms. The smallest absolute Gasteiger partial charge is 0.118 e. The van der Waals surface area contributed by atoms with Crippen LogP contribution in [0.25, 0.3) is 0 Å². The van der Waals surface area contributed by atoms with Gasteiger partial charge in [-0.15, -0.1) is 6.58 Å². The van der Waals surface area contributed by atoms with Gasteiger partial charge in [-0.2, -0.15) is 0 Å². The maximum absolute atomic E-state index is 9.38. The molecule has 0 unspecified atom stereocenters. The zero-order valence-electron chi connectivity index (χ0n) is 7.38. The van der Waals surface area contributed by atoms with Crippen LogP contribution < -0.4 is 0 Å². The number of hydrogen-bond acceptors (Lipinski definition) is 1. The van der Waals surface area contributed by atoms with E-state index in [-0.39, 0.29) is 0 Å². The molecule has 0 aromatic heterocycles. The summed E-state index contributed by atoms with van der Waals surface area (Å²) in [4.78, 5) is 0. The van der Waals surface area contributed by atoms with Gasteiger partial charge < -0.3 is 5.11 Å². The summed E-state index contributed by atoms with van der Waals surface area (Å²) in [6.07, 6.45) is 3.61. The van der Waals surface area contributed by atoms with Gasteiger partial charge in [0.05, 0.1) is 0 Å². The first-order valence-corrected chi connectivity index (χ1v) is 4.19. The van der Waals surface area contributed by atoms with Crippen LogP contribution in [0.2, 0.25) is 0 Å². The van der Waals surface area contributed by atoms with E-state index in [1.165, 1.54) is 5.56 Å². The third-order valence-corrected chi connectivity index (χ3v) is 1.90. The van der Waals surface area contributed by atoms with Crippen molar-refractivity contribution in [2.45, 2.75) is 19.8 Å². The Morgan fingerprint density at radius 1 is 1.50 bits per heavy atom. The van der Waals surface area contributed by atoms with Gasteiger partial charge in [0.2, 0.25) is 0 Å². The van der Waals surface area contributed by atoms with E-state index >= 15 is 0 Å². The first-order chi connectivity index (χ1) is 5.77. The standard InChI is InChI=1S/C11H14O/c1-3-5-9-6-7-11(12)10(4-2)8-9/h3,6-8,12H,1,4-5H2,2H3. The zero-order valence-corrected chi connectivity index (χ0v) is 7.38. The van der Waals surface area contributed by atoms with Crippen LogP contribution in [0.4, 0.5) is 0 Å². The molecule has 1 aromatic rings. The Hall–Kier alpha value is -1.24. The van der Waals surface area contributed by atoms with Crippen LogP contribution in [0.3, 0.4) is 0 Å². The first-order valence-electron chi connectivity index (χ1n) is 4.19. The molecular weight excluding hydrogens is 148 g/mol. The number of phenols is 1. The Morgan fingerprint density at radius 2 is 2.25 bits per heavy atom. The maximum Gasteiger partial charge on any atom is 0.118 e. The predicted molar refractivity (Wildman–Crippen MR) is 51.4 cm³/mol. The van der Waals surface area contributed by atoms with Crippen molar-refractivity contribution in [1.82, 2.24) is 0 Å². The Bertz CT molecular complexity index is 276. The topological polar surface area (TPSA) is 20.2 Å². The molecule has 1 rings (SSSR count). The number of allylic oxidation sites excluding steroid dienone is 1. The van der Waals surface area contributed by atoms with E-state index in [4.69, 9.17) is 0 Å². The van der Waals surface area contributed by atoms with Crippen molar-refractivity contribution < 1.29 is 5.11 Å². The number of phenolic OH excluding ortho intramolecular Hbond substituents is 1. The summed E-state index contributed by atoms with van der Waals surface area (Å²) in [5.41, 5.74) is 2.22. The molecule has 0 aliphatic carbocycles. The summed E-state index contributed by atoms with van der Waals surface area (Å²) in [6.45, 7) is 5.71. The van der Waals surface area contributed by atoms with Crippen LogP contribution in [-0.4, -0.2) is 5.11 Å². The number of benzene rings is 1. The van der Waals surface area contributed by atoms with E-state index in [0.717, 1.165) is 18.4 Å². The minimum absolute atomic E-state index is 0.394. The fraction of sp³-hybridized carbons (Fsp3) is 0.273. The van der Waals surface area contributed by atoms with Crippen LogP contribution in [-0.2, 0) is 12.8 Å². The van der Waals surface area contributed by atoms with E-state index in [1.54, 1.807) is 6.07 Å². The lowest BCUT2D eigenvalue weighted by Crippen LogP contribution is -1.86. The fourth-order valence-corrected chi connectivity index (χ4v) is 1.22. The normalized spacial score (nSPS) is 9.75. The summed E-state index contributed by atoms with van der Waals surface area (Å²) >= 11 is 0. The molecule has 1 nitrogen and oxygen atoms in total. The molecule has 0 bridgehead atoms. The van der Waals surface area contributed by atoms with Crippen molar-refractivity contribution in [2.24, 2.45) is 0 Å². The van der Waals surface area contributed by atoms with E-state index in [2.05, 4.69) is 6.58 Å². The molecule has 1 aromatic carbocycles. The highest BCUT2D eigenvalue weighted by atomic mass is 16.3. The molecule has 1 N–H and O–H groups in total. The highest BCUT2D eigenvalue weighted by Gasteiger charge is 1.98. The fourth-order valence-electron chi connectivity index (χ4n) is 1.22. The molecule has 0 amide bonds. The second-order valence-electron chi connectivity index (χ2n) is 2.81. The van der Waals surface area contributed by atoms with Gasteiger partial charge in [0, 0.05) is 0 Å². The lowest BCUT2D eigenvalue weighted by Gasteiger charge is -2.03. The Morgan fingerprint density at radius 3 is 2.83 bits per heavy atom. The van der Waals surface area contributed by atoms with E-state index in [0.29, 0.717) is 5.75 Å². The predicted octanol–water partition coefficient (Wildman–Crippen LogP) is 2.68. The Balaban J connectivity index is 2.96.